The van der Waals surface area contributed by atoms with Crippen molar-refractivity contribution >= 4 is 0 Å². The predicted molar refractivity (Wildman–Crippen MR) is 68.3 cm³/mol. The van der Waals surface area contributed by atoms with Gasteiger partial charge in [0.05, 0.1) is 17.4 Å². The van der Waals surface area contributed by atoms with Crippen molar-refractivity contribution in [2.24, 2.45) is 0 Å². The molecule has 1 aromatic heterocycles. The highest BCUT2D eigenvalue weighted by atomic mass is 15.4. The Morgan fingerprint density at radius 2 is 1.94 bits per heavy atom. The Kier molecular flexibility index (Phi) is 3.24. The van der Waals surface area contributed by atoms with Crippen molar-refractivity contribution in [3.63, 3.8) is 0 Å². The zero-order chi connectivity index (χ0) is 12.4. The SMILES string of the molecule is CNC(C)c1nnn(-c2ccccc2C)c1C. The Morgan fingerprint density at radius 1 is 1.24 bits per heavy atom. The van der Waals surface area contributed by atoms with Crippen molar-refractivity contribution in [3.05, 3.63) is 41.2 Å². The van der Waals surface area contributed by atoms with Crippen molar-refractivity contribution in [1.82, 2.24) is 20.3 Å². The summed E-state index contributed by atoms with van der Waals surface area (Å²) >= 11 is 0. The molecule has 17 heavy (non-hydrogen) atoms. The van der Waals surface area contributed by atoms with E-state index in [9.17, 15) is 0 Å². The molecule has 1 N–H and O–H groups in total. The molecule has 0 fully saturated rings. The topological polar surface area (TPSA) is 42.7 Å². The Labute approximate surface area is 102 Å². The number of nitrogens with one attached hydrogen (secondary N) is 1. The van der Waals surface area contributed by atoms with Crippen molar-refractivity contribution in [2.45, 2.75) is 26.8 Å². The van der Waals surface area contributed by atoms with Crippen LogP contribution in [0, 0.1) is 13.8 Å². The van der Waals surface area contributed by atoms with E-state index >= 15 is 0 Å². The third-order valence-corrected chi connectivity index (χ3v) is 3.12. The first-order valence-electron chi connectivity index (χ1n) is 5.80. The third kappa shape index (κ3) is 2.08. The number of nitrogens with zero attached hydrogens (tertiary/aromatic N) is 3. The van der Waals surface area contributed by atoms with Crippen LogP contribution < -0.4 is 5.32 Å². The second-order valence-electron chi connectivity index (χ2n) is 4.27. The van der Waals surface area contributed by atoms with E-state index < -0.39 is 0 Å². The van der Waals surface area contributed by atoms with E-state index in [1.165, 1.54) is 5.56 Å². The molecule has 1 aromatic carbocycles. The van der Waals surface area contributed by atoms with Gasteiger partial charge in [-0.3, -0.25) is 0 Å². The molecule has 1 atom stereocenters. The maximum atomic E-state index is 4.25. The number of aromatic nitrogens is 3. The van der Waals surface area contributed by atoms with Crippen LogP contribution in [0.4, 0.5) is 0 Å². The van der Waals surface area contributed by atoms with E-state index in [1.807, 2.05) is 23.9 Å². The van der Waals surface area contributed by atoms with E-state index in [-0.39, 0.29) is 6.04 Å². The summed E-state index contributed by atoms with van der Waals surface area (Å²) in [5, 5.41) is 11.7. The van der Waals surface area contributed by atoms with Crippen molar-refractivity contribution in [3.8, 4) is 5.69 Å². The van der Waals surface area contributed by atoms with Gasteiger partial charge in [0.1, 0.15) is 5.69 Å². The molecule has 0 amide bonds. The van der Waals surface area contributed by atoms with Crippen molar-refractivity contribution < 1.29 is 0 Å². The van der Waals surface area contributed by atoms with Crippen LogP contribution in [-0.4, -0.2) is 22.0 Å². The van der Waals surface area contributed by atoms with Gasteiger partial charge in [0.25, 0.3) is 0 Å². The third-order valence-electron chi connectivity index (χ3n) is 3.12. The van der Waals surface area contributed by atoms with Gasteiger partial charge in [0, 0.05) is 0 Å². The number of rotatable bonds is 3. The second-order valence-corrected chi connectivity index (χ2v) is 4.27. The first-order chi connectivity index (χ1) is 8.15. The van der Waals surface area contributed by atoms with Gasteiger partial charge in [0.2, 0.25) is 0 Å². The molecule has 2 rings (SSSR count). The van der Waals surface area contributed by atoms with Crippen molar-refractivity contribution in [2.75, 3.05) is 7.05 Å². The summed E-state index contributed by atoms with van der Waals surface area (Å²) in [7, 11) is 1.93. The average Bonchev–Trinajstić information content (AvgIpc) is 2.71. The molecule has 0 saturated heterocycles. The number of aryl methyl sites for hydroxylation is 1. The molecule has 1 unspecified atom stereocenters. The fourth-order valence-corrected chi connectivity index (χ4v) is 1.91. The molecule has 0 aliphatic rings. The normalized spacial score (nSPS) is 12.7. The molecule has 4 heteroatoms. The van der Waals surface area contributed by atoms with Crippen LogP contribution in [0.1, 0.15) is 29.9 Å². The van der Waals surface area contributed by atoms with Crippen LogP contribution in [0.25, 0.3) is 5.69 Å². The molecule has 1 heterocycles. The first-order valence-corrected chi connectivity index (χ1v) is 5.80. The van der Waals surface area contributed by atoms with Gasteiger partial charge < -0.3 is 5.32 Å². The lowest BCUT2D eigenvalue weighted by atomic mass is 10.1. The highest BCUT2D eigenvalue weighted by Gasteiger charge is 2.15. The van der Waals surface area contributed by atoms with Gasteiger partial charge in [-0.05, 0) is 39.4 Å². The molecule has 90 valence electrons. The minimum Gasteiger partial charge on any atom is -0.312 e. The van der Waals surface area contributed by atoms with Crippen LogP contribution in [-0.2, 0) is 0 Å². The van der Waals surface area contributed by atoms with Crippen LogP contribution in [0.3, 0.4) is 0 Å². The number of hydrogen-bond acceptors (Lipinski definition) is 3. The van der Waals surface area contributed by atoms with Gasteiger partial charge in [-0.2, -0.15) is 0 Å². The first kappa shape index (κ1) is 11.8. The minimum atomic E-state index is 0.216. The summed E-state index contributed by atoms with van der Waals surface area (Å²) in [5.74, 6) is 0. The maximum absolute atomic E-state index is 4.25. The summed E-state index contributed by atoms with van der Waals surface area (Å²) in [5.41, 5.74) is 4.37. The summed E-state index contributed by atoms with van der Waals surface area (Å²) in [6, 6.07) is 8.41. The predicted octanol–water partition coefficient (Wildman–Crippen LogP) is 2.16. The Bertz CT molecular complexity index is 516. The molecule has 2 aromatic rings. The lowest BCUT2D eigenvalue weighted by Gasteiger charge is -2.09. The lowest BCUT2D eigenvalue weighted by molar-refractivity contribution is 0.627. The molecule has 0 radical (unpaired) electrons. The number of para-hydroxylation sites is 1. The van der Waals surface area contributed by atoms with Gasteiger partial charge in [-0.1, -0.05) is 23.4 Å². The monoisotopic (exact) mass is 230 g/mol. The van der Waals surface area contributed by atoms with Crippen LogP contribution >= 0.6 is 0 Å². The van der Waals surface area contributed by atoms with Gasteiger partial charge in [-0.15, -0.1) is 5.10 Å². The molecular weight excluding hydrogens is 212 g/mol. The van der Waals surface area contributed by atoms with E-state index in [1.54, 1.807) is 0 Å². The van der Waals surface area contributed by atoms with Crippen LogP contribution in [0.15, 0.2) is 24.3 Å². The smallest absolute Gasteiger partial charge is 0.103 e. The quantitative estimate of drug-likeness (QED) is 0.878. The van der Waals surface area contributed by atoms with Gasteiger partial charge in [-0.25, -0.2) is 4.68 Å². The van der Waals surface area contributed by atoms with Crippen molar-refractivity contribution in [1.29, 1.82) is 0 Å². The summed E-state index contributed by atoms with van der Waals surface area (Å²) in [6.45, 7) is 6.21. The second kappa shape index (κ2) is 4.67. The molecule has 0 bridgehead atoms. The Morgan fingerprint density at radius 3 is 2.59 bits per heavy atom. The molecule has 4 nitrogen and oxygen atoms in total. The number of benzene rings is 1. The summed E-state index contributed by atoms with van der Waals surface area (Å²) in [6.07, 6.45) is 0. The summed E-state index contributed by atoms with van der Waals surface area (Å²) < 4.78 is 1.90. The standard InChI is InChI=1S/C13H18N4/c1-9-7-5-6-8-12(9)17-11(3)13(15-16-17)10(2)14-4/h5-8,10,14H,1-4H3. The molecule has 0 saturated carbocycles. The minimum absolute atomic E-state index is 0.216. The fraction of sp³-hybridized carbons (Fsp3) is 0.385. The lowest BCUT2D eigenvalue weighted by Crippen LogP contribution is -2.14. The van der Waals surface area contributed by atoms with E-state index in [0.717, 1.165) is 17.1 Å². The largest absolute Gasteiger partial charge is 0.312 e. The molecular formula is C13H18N4. The molecule has 0 spiro atoms. The van der Waals surface area contributed by atoms with E-state index in [0.29, 0.717) is 0 Å². The highest BCUT2D eigenvalue weighted by Crippen LogP contribution is 2.19. The maximum Gasteiger partial charge on any atom is 0.103 e. The van der Waals surface area contributed by atoms with Gasteiger partial charge >= 0.3 is 0 Å². The molecule has 0 aliphatic heterocycles. The van der Waals surface area contributed by atoms with Crippen LogP contribution in [0.2, 0.25) is 0 Å². The van der Waals surface area contributed by atoms with Crippen LogP contribution in [0.5, 0.6) is 0 Å². The average molecular weight is 230 g/mol. The molecule has 0 aliphatic carbocycles. The Balaban J connectivity index is 2.48. The zero-order valence-electron chi connectivity index (χ0n) is 10.7. The zero-order valence-corrected chi connectivity index (χ0v) is 10.7. The van der Waals surface area contributed by atoms with E-state index in [2.05, 4.69) is 48.5 Å². The fourth-order valence-electron chi connectivity index (χ4n) is 1.91. The highest BCUT2D eigenvalue weighted by molar-refractivity contribution is 5.40. The van der Waals surface area contributed by atoms with E-state index in [4.69, 9.17) is 0 Å². The number of hydrogen-bond donors (Lipinski definition) is 1. The summed E-state index contributed by atoms with van der Waals surface area (Å²) in [4.78, 5) is 0. The van der Waals surface area contributed by atoms with Gasteiger partial charge in [0.15, 0.2) is 0 Å². The Hall–Kier alpha value is -1.68.